The summed E-state index contributed by atoms with van der Waals surface area (Å²) in [7, 11) is 1.95. The molecule has 1 aliphatic rings. The molecule has 0 bridgehead atoms. The van der Waals surface area contributed by atoms with Gasteiger partial charge >= 0.3 is 0 Å². The molecule has 0 fully saturated rings. The van der Waals surface area contributed by atoms with Crippen LogP contribution in [0, 0.1) is 0 Å². The number of nitrogens with one attached hydrogen (secondary N) is 1. The first kappa shape index (κ1) is 12.4. The van der Waals surface area contributed by atoms with Gasteiger partial charge < -0.3 is 9.84 Å². The molecule has 1 unspecified atom stereocenters. The van der Waals surface area contributed by atoms with Gasteiger partial charge in [-0.25, -0.2) is 0 Å². The fraction of sp³-hybridized carbons (Fsp3) is 0.467. The highest BCUT2D eigenvalue weighted by Gasteiger charge is 2.27. The zero-order valence-corrected chi connectivity index (χ0v) is 11.2. The van der Waals surface area contributed by atoms with E-state index < -0.39 is 0 Å². The third kappa shape index (κ3) is 2.54. The Kier molecular flexibility index (Phi) is 3.60. The topological polar surface area (TPSA) is 51.0 Å². The second kappa shape index (κ2) is 5.53. The molecule has 3 rings (SSSR count). The van der Waals surface area contributed by atoms with E-state index in [0.717, 1.165) is 43.9 Å². The first-order valence-corrected chi connectivity index (χ1v) is 6.93. The Labute approximate surface area is 113 Å². The van der Waals surface area contributed by atoms with Gasteiger partial charge in [-0.15, -0.1) is 0 Å². The fourth-order valence-corrected chi connectivity index (χ4v) is 2.75. The second-order valence-corrected chi connectivity index (χ2v) is 5.04. The van der Waals surface area contributed by atoms with Crippen molar-refractivity contribution in [2.24, 2.45) is 0 Å². The summed E-state index contributed by atoms with van der Waals surface area (Å²) in [6.45, 7) is 0.976. The first-order valence-electron chi connectivity index (χ1n) is 6.93. The summed E-state index contributed by atoms with van der Waals surface area (Å²) in [4.78, 5) is 4.56. The lowest BCUT2D eigenvalue weighted by Crippen LogP contribution is -2.08. The average Bonchev–Trinajstić information content (AvgIpc) is 3.05. The predicted molar refractivity (Wildman–Crippen MR) is 73.2 cm³/mol. The van der Waals surface area contributed by atoms with Gasteiger partial charge in [-0.3, -0.25) is 0 Å². The summed E-state index contributed by atoms with van der Waals surface area (Å²) in [5.41, 5.74) is 2.79. The zero-order valence-electron chi connectivity index (χ0n) is 11.2. The van der Waals surface area contributed by atoms with Crippen molar-refractivity contribution in [3.8, 4) is 0 Å². The molecular formula is C15H19N3O. The highest BCUT2D eigenvalue weighted by atomic mass is 16.5. The number of aromatic nitrogens is 2. The van der Waals surface area contributed by atoms with Gasteiger partial charge in [-0.2, -0.15) is 4.98 Å². The zero-order chi connectivity index (χ0) is 13.1. The van der Waals surface area contributed by atoms with Crippen LogP contribution in [0.15, 0.2) is 28.8 Å². The predicted octanol–water partition coefficient (Wildman–Crippen LogP) is 2.30. The Morgan fingerprint density at radius 3 is 3.16 bits per heavy atom. The summed E-state index contributed by atoms with van der Waals surface area (Å²) < 4.78 is 5.35. The number of benzene rings is 1. The summed E-state index contributed by atoms with van der Waals surface area (Å²) in [6, 6.07) is 8.57. The van der Waals surface area contributed by atoms with E-state index in [0.29, 0.717) is 5.92 Å². The van der Waals surface area contributed by atoms with Crippen LogP contribution in [0.4, 0.5) is 0 Å². The van der Waals surface area contributed by atoms with Gasteiger partial charge in [0.15, 0.2) is 5.82 Å². The Bertz CT molecular complexity index is 550. The molecule has 0 saturated heterocycles. The van der Waals surface area contributed by atoms with Crippen LogP contribution in [0.2, 0.25) is 0 Å². The Balaban J connectivity index is 1.74. The number of aryl methyl sites for hydroxylation is 2. The molecule has 19 heavy (non-hydrogen) atoms. The molecule has 4 heteroatoms. The molecule has 0 spiro atoms. The molecule has 1 aliphatic carbocycles. The minimum atomic E-state index is 0.318. The van der Waals surface area contributed by atoms with E-state index in [2.05, 4.69) is 39.7 Å². The monoisotopic (exact) mass is 257 g/mol. The summed E-state index contributed by atoms with van der Waals surface area (Å²) in [6.07, 6.45) is 4.08. The van der Waals surface area contributed by atoms with Gasteiger partial charge in [0.25, 0.3) is 0 Å². The molecule has 1 heterocycles. The smallest absolute Gasteiger partial charge is 0.226 e. The number of fused-ring (bicyclic) bond motifs is 1. The van der Waals surface area contributed by atoms with E-state index >= 15 is 0 Å². The van der Waals surface area contributed by atoms with Crippen LogP contribution in [-0.4, -0.2) is 23.7 Å². The Morgan fingerprint density at radius 2 is 2.26 bits per heavy atom. The van der Waals surface area contributed by atoms with E-state index in [-0.39, 0.29) is 0 Å². The second-order valence-electron chi connectivity index (χ2n) is 5.04. The van der Waals surface area contributed by atoms with Crippen LogP contribution in [0.3, 0.4) is 0 Å². The molecule has 1 atom stereocenters. The van der Waals surface area contributed by atoms with Gasteiger partial charge in [0.1, 0.15) is 0 Å². The van der Waals surface area contributed by atoms with Crippen molar-refractivity contribution in [2.45, 2.75) is 31.6 Å². The van der Waals surface area contributed by atoms with Gasteiger partial charge in [0.05, 0.1) is 0 Å². The highest BCUT2D eigenvalue weighted by molar-refractivity contribution is 5.38. The third-order valence-corrected chi connectivity index (χ3v) is 3.75. The molecule has 0 radical (unpaired) electrons. The lowest BCUT2D eigenvalue weighted by Gasteiger charge is -2.05. The molecular weight excluding hydrogens is 238 g/mol. The first-order chi connectivity index (χ1) is 9.38. The molecule has 100 valence electrons. The van der Waals surface area contributed by atoms with Gasteiger partial charge in [-0.05, 0) is 44.0 Å². The van der Waals surface area contributed by atoms with E-state index in [1.807, 2.05) is 7.05 Å². The van der Waals surface area contributed by atoms with Crippen LogP contribution in [0.25, 0.3) is 0 Å². The van der Waals surface area contributed by atoms with Crippen LogP contribution >= 0.6 is 0 Å². The third-order valence-electron chi connectivity index (χ3n) is 3.75. The maximum atomic E-state index is 5.35. The normalized spacial score (nSPS) is 17.6. The van der Waals surface area contributed by atoms with Gasteiger partial charge in [-0.1, -0.05) is 29.4 Å². The van der Waals surface area contributed by atoms with E-state index in [4.69, 9.17) is 4.52 Å². The van der Waals surface area contributed by atoms with Crippen molar-refractivity contribution in [3.63, 3.8) is 0 Å². The maximum absolute atomic E-state index is 5.35. The quantitative estimate of drug-likeness (QED) is 0.835. The van der Waals surface area contributed by atoms with Crippen molar-refractivity contribution >= 4 is 0 Å². The van der Waals surface area contributed by atoms with Gasteiger partial charge in [0.2, 0.25) is 5.89 Å². The Hall–Kier alpha value is -1.68. The number of nitrogens with zero attached hydrogens (tertiary/aromatic N) is 2. The molecule has 1 aromatic heterocycles. The van der Waals surface area contributed by atoms with Crippen molar-refractivity contribution < 1.29 is 4.52 Å². The standard InChI is InChI=1S/C15H19N3O/c1-16-10-4-7-14-17-15(18-19-14)13-9-8-11-5-2-3-6-12(11)13/h2-3,5-6,13,16H,4,7-10H2,1H3. The average molecular weight is 257 g/mol. The van der Waals surface area contributed by atoms with Crippen LogP contribution in [0.1, 0.15) is 41.6 Å². The summed E-state index contributed by atoms with van der Waals surface area (Å²) in [5.74, 6) is 1.93. The Morgan fingerprint density at radius 1 is 1.37 bits per heavy atom. The molecule has 0 aliphatic heterocycles. The lowest BCUT2D eigenvalue weighted by molar-refractivity contribution is 0.368. The van der Waals surface area contributed by atoms with E-state index in [1.54, 1.807) is 0 Å². The molecule has 4 nitrogen and oxygen atoms in total. The van der Waals surface area contributed by atoms with Gasteiger partial charge in [0, 0.05) is 12.3 Å². The maximum Gasteiger partial charge on any atom is 0.226 e. The molecule has 1 N–H and O–H groups in total. The van der Waals surface area contributed by atoms with Crippen LogP contribution in [-0.2, 0) is 12.8 Å². The molecule has 2 aromatic rings. The van der Waals surface area contributed by atoms with Crippen molar-refractivity contribution in [2.75, 3.05) is 13.6 Å². The van der Waals surface area contributed by atoms with Crippen molar-refractivity contribution in [3.05, 3.63) is 47.1 Å². The minimum Gasteiger partial charge on any atom is -0.339 e. The number of rotatable bonds is 5. The van der Waals surface area contributed by atoms with Crippen LogP contribution < -0.4 is 5.32 Å². The summed E-state index contributed by atoms with van der Waals surface area (Å²) >= 11 is 0. The largest absolute Gasteiger partial charge is 0.339 e. The number of hydrogen-bond acceptors (Lipinski definition) is 4. The number of hydrogen-bond donors (Lipinski definition) is 1. The van der Waals surface area contributed by atoms with Crippen LogP contribution in [0.5, 0.6) is 0 Å². The molecule has 0 amide bonds. The highest BCUT2D eigenvalue weighted by Crippen LogP contribution is 2.36. The molecule has 0 saturated carbocycles. The fourth-order valence-electron chi connectivity index (χ4n) is 2.75. The summed E-state index contributed by atoms with van der Waals surface area (Å²) in [5, 5.41) is 7.29. The van der Waals surface area contributed by atoms with Crippen molar-refractivity contribution in [1.29, 1.82) is 0 Å². The van der Waals surface area contributed by atoms with E-state index in [9.17, 15) is 0 Å². The lowest BCUT2D eigenvalue weighted by atomic mass is 10.0. The minimum absolute atomic E-state index is 0.318. The van der Waals surface area contributed by atoms with Crippen molar-refractivity contribution in [1.82, 2.24) is 15.5 Å². The van der Waals surface area contributed by atoms with E-state index in [1.165, 1.54) is 11.1 Å². The molecule has 1 aromatic carbocycles. The SMILES string of the molecule is CNCCCc1nc(C2CCc3ccccc32)no1.